The van der Waals surface area contributed by atoms with Gasteiger partial charge in [0, 0.05) is 6.07 Å². The van der Waals surface area contributed by atoms with Gasteiger partial charge in [-0.05, 0) is 19.1 Å². The van der Waals surface area contributed by atoms with Gasteiger partial charge in [0.1, 0.15) is 11.5 Å². The van der Waals surface area contributed by atoms with Crippen molar-refractivity contribution in [2.24, 2.45) is 0 Å². The maximum Gasteiger partial charge on any atom is 0.297 e. The Labute approximate surface area is 110 Å². The number of aromatic amines is 1. The number of methoxy groups -OCH3 is 1. The van der Waals surface area contributed by atoms with Crippen molar-refractivity contribution in [1.82, 2.24) is 9.97 Å². The van der Waals surface area contributed by atoms with Gasteiger partial charge in [-0.25, -0.2) is 4.98 Å². The number of H-pyrrole nitrogens is 1. The molecule has 0 aliphatic carbocycles. The van der Waals surface area contributed by atoms with E-state index in [4.69, 9.17) is 14.2 Å². The molecule has 0 aliphatic rings. The molecule has 0 aliphatic heterocycles. The number of nitrogens with zero attached hydrogens (tertiary/aromatic N) is 1. The zero-order chi connectivity index (χ0) is 13.7. The van der Waals surface area contributed by atoms with Gasteiger partial charge in [0.05, 0.1) is 20.0 Å². The van der Waals surface area contributed by atoms with E-state index in [2.05, 4.69) is 9.97 Å². The van der Waals surface area contributed by atoms with E-state index in [9.17, 15) is 4.79 Å². The lowest BCUT2D eigenvalue weighted by molar-refractivity contribution is 0.335. The van der Waals surface area contributed by atoms with Gasteiger partial charge in [0.2, 0.25) is 5.75 Å². The van der Waals surface area contributed by atoms with Crippen molar-refractivity contribution in [3.8, 4) is 23.1 Å². The molecule has 0 atom stereocenters. The van der Waals surface area contributed by atoms with Crippen molar-refractivity contribution in [3.63, 3.8) is 0 Å². The minimum atomic E-state index is -0.395. The van der Waals surface area contributed by atoms with Crippen LogP contribution in [0.4, 0.5) is 0 Å². The molecule has 0 amide bonds. The van der Waals surface area contributed by atoms with Gasteiger partial charge in [-0.3, -0.25) is 4.79 Å². The van der Waals surface area contributed by atoms with Crippen LogP contribution >= 0.6 is 0 Å². The molecule has 0 fully saturated rings. The molecule has 0 spiro atoms. The fourth-order valence-corrected chi connectivity index (χ4v) is 1.53. The van der Waals surface area contributed by atoms with Crippen LogP contribution in [0.3, 0.4) is 0 Å². The molecule has 0 bridgehead atoms. The molecular formula is C13H14N2O4. The van der Waals surface area contributed by atoms with Crippen LogP contribution < -0.4 is 19.8 Å². The van der Waals surface area contributed by atoms with Crippen LogP contribution in [0, 0.1) is 0 Å². The largest absolute Gasteiger partial charge is 0.494 e. The summed E-state index contributed by atoms with van der Waals surface area (Å²) in [6.45, 7) is 2.46. The zero-order valence-electron chi connectivity index (χ0n) is 10.7. The molecule has 0 saturated heterocycles. The second-order valence-corrected chi connectivity index (χ2v) is 3.58. The number of aromatic nitrogens is 2. The standard InChI is InChI=1S/C13H14N2O4/c1-3-18-9-5-4-6-10(7-9)19-13-11(17-2)12(16)14-8-15-13/h4-8H,3H2,1-2H3,(H,14,15,16). The third-order valence-electron chi connectivity index (χ3n) is 2.31. The van der Waals surface area contributed by atoms with E-state index in [1.807, 2.05) is 13.0 Å². The van der Waals surface area contributed by atoms with Crippen LogP contribution in [0.15, 0.2) is 35.4 Å². The molecule has 6 nitrogen and oxygen atoms in total. The van der Waals surface area contributed by atoms with Gasteiger partial charge >= 0.3 is 0 Å². The summed E-state index contributed by atoms with van der Waals surface area (Å²) >= 11 is 0. The third kappa shape index (κ3) is 3.04. The Balaban J connectivity index is 2.28. The normalized spacial score (nSPS) is 10.0. The highest BCUT2D eigenvalue weighted by atomic mass is 16.5. The molecule has 2 aromatic rings. The number of hydrogen-bond acceptors (Lipinski definition) is 5. The van der Waals surface area contributed by atoms with Crippen LogP contribution in [0.1, 0.15) is 6.92 Å². The lowest BCUT2D eigenvalue weighted by atomic mass is 10.3. The predicted molar refractivity (Wildman–Crippen MR) is 69.1 cm³/mol. The first kappa shape index (κ1) is 12.9. The van der Waals surface area contributed by atoms with Gasteiger partial charge in [0.25, 0.3) is 11.4 Å². The summed E-state index contributed by atoms with van der Waals surface area (Å²) in [5, 5.41) is 0. The molecular weight excluding hydrogens is 248 g/mol. The Hall–Kier alpha value is -2.50. The minimum absolute atomic E-state index is 0.0318. The molecule has 100 valence electrons. The fraction of sp³-hybridized carbons (Fsp3) is 0.231. The van der Waals surface area contributed by atoms with E-state index in [0.29, 0.717) is 18.1 Å². The first-order chi connectivity index (χ1) is 9.24. The van der Waals surface area contributed by atoms with Crippen molar-refractivity contribution >= 4 is 0 Å². The SMILES string of the molecule is CCOc1cccc(Oc2nc[nH]c(=O)c2OC)c1. The van der Waals surface area contributed by atoms with Crippen LogP contribution in [0.5, 0.6) is 23.1 Å². The summed E-state index contributed by atoms with van der Waals surface area (Å²) in [5.41, 5.74) is -0.395. The summed E-state index contributed by atoms with van der Waals surface area (Å²) in [7, 11) is 1.38. The van der Waals surface area contributed by atoms with Gasteiger partial charge in [-0.15, -0.1) is 0 Å². The number of hydrogen-bond donors (Lipinski definition) is 1. The van der Waals surface area contributed by atoms with Gasteiger partial charge in [0.15, 0.2) is 0 Å². The smallest absolute Gasteiger partial charge is 0.297 e. The molecule has 6 heteroatoms. The molecule has 1 aromatic carbocycles. The summed E-state index contributed by atoms with van der Waals surface area (Å²) in [6.07, 6.45) is 1.26. The van der Waals surface area contributed by atoms with E-state index in [1.165, 1.54) is 13.4 Å². The second kappa shape index (κ2) is 5.90. The van der Waals surface area contributed by atoms with Crippen LogP contribution in [-0.4, -0.2) is 23.7 Å². The van der Waals surface area contributed by atoms with E-state index >= 15 is 0 Å². The van der Waals surface area contributed by atoms with Crippen molar-refractivity contribution in [2.75, 3.05) is 13.7 Å². The van der Waals surface area contributed by atoms with Crippen LogP contribution in [0.25, 0.3) is 0 Å². The summed E-state index contributed by atoms with van der Waals surface area (Å²) in [5.74, 6) is 1.34. The monoisotopic (exact) mass is 262 g/mol. The molecule has 0 unspecified atom stereocenters. The van der Waals surface area contributed by atoms with E-state index < -0.39 is 5.56 Å². The molecule has 1 N–H and O–H groups in total. The van der Waals surface area contributed by atoms with E-state index in [0.717, 1.165) is 0 Å². The maximum absolute atomic E-state index is 11.5. The molecule has 0 saturated carbocycles. The Morgan fingerprint density at radius 2 is 2.11 bits per heavy atom. The Bertz CT molecular complexity index is 610. The van der Waals surface area contributed by atoms with E-state index in [-0.39, 0.29) is 11.6 Å². The number of ether oxygens (including phenoxy) is 3. The van der Waals surface area contributed by atoms with Crippen molar-refractivity contribution in [2.45, 2.75) is 6.92 Å². The number of benzene rings is 1. The molecule has 1 heterocycles. The molecule has 1 aromatic heterocycles. The Kier molecular flexibility index (Phi) is 4.02. The Morgan fingerprint density at radius 3 is 2.84 bits per heavy atom. The fourth-order valence-electron chi connectivity index (χ4n) is 1.53. The molecule has 0 radical (unpaired) electrons. The molecule has 19 heavy (non-hydrogen) atoms. The summed E-state index contributed by atoms with van der Waals surface area (Å²) in [6, 6.07) is 7.06. The van der Waals surface area contributed by atoms with Gasteiger partial charge in [-0.2, -0.15) is 0 Å². The number of nitrogens with one attached hydrogen (secondary N) is 1. The van der Waals surface area contributed by atoms with Gasteiger partial charge < -0.3 is 19.2 Å². The van der Waals surface area contributed by atoms with E-state index in [1.54, 1.807) is 18.2 Å². The van der Waals surface area contributed by atoms with Crippen molar-refractivity contribution in [1.29, 1.82) is 0 Å². The zero-order valence-corrected chi connectivity index (χ0v) is 10.7. The molecule has 2 rings (SSSR count). The van der Waals surface area contributed by atoms with Crippen LogP contribution in [-0.2, 0) is 0 Å². The van der Waals surface area contributed by atoms with Crippen LogP contribution in [0.2, 0.25) is 0 Å². The summed E-state index contributed by atoms with van der Waals surface area (Å²) in [4.78, 5) is 17.9. The second-order valence-electron chi connectivity index (χ2n) is 3.58. The minimum Gasteiger partial charge on any atom is -0.494 e. The first-order valence-electron chi connectivity index (χ1n) is 5.77. The summed E-state index contributed by atoms with van der Waals surface area (Å²) < 4.78 is 15.9. The third-order valence-corrected chi connectivity index (χ3v) is 2.31. The topological polar surface area (TPSA) is 73.4 Å². The van der Waals surface area contributed by atoms with Crippen molar-refractivity contribution in [3.05, 3.63) is 40.9 Å². The average Bonchev–Trinajstić information content (AvgIpc) is 2.40. The predicted octanol–water partition coefficient (Wildman–Crippen LogP) is 1.97. The van der Waals surface area contributed by atoms with Gasteiger partial charge in [-0.1, -0.05) is 6.07 Å². The first-order valence-corrected chi connectivity index (χ1v) is 5.77. The Morgan fingerprint density at radius 1 is 1.32 bits per heavy atom. The lowest BCUT2D eigenvalue weighted by Crippen LogP contribution is -2.10. The number of rotatable bonds is 5. The lowest BCUT2D eigenvalue weighted by Gasteiger charge is -2.09. The highest BCUT2D eigenvalue weighted by Crippen LogP contribution is 2.27. The average molecular weight is 262 g/mol. The van der Waals surface area contributed by atoms with Crippen molar-refractivity contribution < 1.29 is 14.2 Å². The highest BCUT2D eigenvalue weighted by Gasteiger charge is 2.11. The maximum atomic E-state index is 11.5. The highest BCUT2D eigenvalue weighted by molar-refractivity contribution is 5.38. The quantitative estimate of drug-likeness (QED) is 0.891.